The van der Waals surface area contributed by atoms with Crippen LogP contribution >= 0.6 is 0 Å². The normalized spacial score (nSPS) is 11.1. The number of hydrogen-bond donors (Lipinski definition) is 2. The molecule has 0 saturated heterocycles. The van der Waals surface area contributed by atoms with Gasteiger partial charge in [-0.1, -0.05) is 12.1 Å². The molecule has 0 fully saturated rings. The number of Topliss-reactive ketones (excluding diaryl/α,β-unsaturated/α-hetero) is 1. The lowest BCUT2D eigenvalue weighted by Gasteiger charge is -2.08. The third kappa shape index (κ3) is 5.47. The third-order valence-corrected chi connectivity index (χ3v) is 4.78. The number of halogens is 1. The molecule has 2 aromatic rings. The summed E-state index contributed by atoms with van der Waals surface area (Å²) in [4.78, 5) is 23.1. The Kier molecular flexibility index (Phi) is 6.00. The summed E-state index contributed by atoms with van der Waals surface area (Å²) in [7, 11) is -3.82. The Morgan fingerprint density at radius 3 is 2.40 bits per heavy atom. The summed E-state index contributed by atoms with van der Waals surface area (Å²) in [6.07, 6.45) is -0.0942. The molecule has 0 aliphatic rings. The first-order valence-corrected chi connectivity index (χ1v) is 8.92. The van der Waals surface area contributed by atoms with Crippen molar-refractivity contribution in [2.24, 2.45) is 0 Å². The number of benzene rings is 2. The molecular weight excluding hydrogens is 347 g/mol. The number of sulfonamides is 1. The quantitative estimate of drug-likeness (QED) is 0.738. The first kappa shape index (κ1) is 18.8. The Morgan fingerprint density at radius 2 is 1.76 bits per heavy atom. The standard InChI is InChI=1S/C17H17FN2O4S/c1-12(21)13-3-2-4-16(11-13)25(23,24)19-10-9-17(22)20-15-7-5-14(18)6-8-15/h2-8,11,19H,9-10H2,1H3,(H,20,22). The van der Waals surface area contributed by atoms with Crippen molar-refractivity contribution in [2.45, 2.75) is 18.2 Å². The molecule has 6 nitrogen and oxygen atoms in total. The van der Waals surface area contributed by atoms with Crippen LogP contribution in [0.25, 0.3) is 0 Å². The summed E-state index contributed by atoms with van der Waals surface area (Å²) in [5, 5.41) is 2.53. The second-order valence-corrected chi connectivity index (χ2v) is 7.05. The molecule has 0 unspecified atom stereocenters. The number of rotatable bonds is 7. The number of nitrogens with one attached hydrogen (secondary N) is 2. The molecule has 0 heterocycles. The van der Waals surface area contributed by atoms with Gasteiger partial charge in [-0.05, 0) is 43.3 Å². The number of amides is 1. The predicted octanol–water partition coefficient (Wildman–Crippen LogP) is 2.34. The van der Waals surface area contributed by atoms with Crippen LogP contribution in [0.5, 0.6) is 0 Å². The molecule has 0 bridgehead atoms. The highest BCUT2D eigenvalue weighted by molar-refractivity contribution is 7.89. The van der Waals surface area contributed by atoms with Crippen LogP contribution in [0.2, 0.25) is 0 Å². The summed E-state index contributed by atoms with van der Waals surface area (Å²) < 4.78 is 39.5. The highest BCUT2D eigenvalue weighted by Crippen LogP contribution is 2.12. The zero-order valence-corrected chi connectivity index (χ0v) is 14.3. The first-order chi connectivity index (χ1) is 11.8. The maximum absolute atomic E-state index is 12.8. The van der Waals surface area contributed by atoms with E-state index in [1.54, 1.807) is 0 Å². The van der Waals surface area contributed by atoms with E-state index in [9.17, 15) is 22.4 Å². The summed E-state index contributed by atoms with van der Waals surface area (Å²) in [6.45, 7) is 1.23. The number of hydrogen-bond acceptors (Lipinski definition) is 4. The van der Waals surface area contributed by atoms with Gasteiger partial charge in [0.2, 0.25) is 15.9 Å². The van der Waals surface area contributed by atoms with E-state index in [1.165, 1.54) is 55.5 Å². The zero-order valence-electron chi connectivity index (χ0n) is 13.5. The lowest BCUT2D eigenvalue weighted by Crippen LogP contribution is -2.28. The van der Waals surface area contributed by atoms with Crippen molar-refractivity contribution in [1.29, 1.82) is 0 Å². The minimum Gasteiger partial charge on any atom is -0.326 e. The summed E-state index contributed by atoms with van der Waals surface area (Å²) >= 11 is 0. The average Bonchev–Trinajstić information content (AvgIpc) is 2.57. The number of carbonyl (C=O) groups excluding carboxylic acids is 2. The molecule has 0 atom stereocenters. The van der Waals surface area contributed by atoms with Crippen molar-refractivity contribution in [1.82, 2.24) is 4.72 Å². The molecule has 132 valence electrons. The summed E-state index contributed by atoms with van der Waals surface area (Å²) in [5.74, 6) is -1.07. The van der Waals surface area contributed by atoms with Gasteiger partial charge in [0.1, 0.15) is 5.82 Å². The molecule has 8 heteroatoms. The van der Waals surface area contributed by atoms with Crippen molar-refractivity contribution < 1.29 is 22.4 Å². The number of carbonyl (C=O) groups is 2. The molecule has 0 radical (unpaired) electrons. The van der Waals surface area contributed by atoms with Crippen LogP contribution in [0.4, 0.5) is 10.1 Å². The Balaban J connectivity index is 1.91. The Bertz CT molecular complexity index is 880. The fourth-order valence-corrected chi connectivity index (χ4v) is 3.10. The fraction of sp³-hybridized carbons (Fsp3) is 0.176. The average molecular weight is 364 g/mol. The smallest absolute Gasteiger partial charge is 0.240 e. The molecular formula is C17H17FN2O4S. The second-order valence-electron chi connectivity index (χ2n) is 5.29. The van der Waals surface area contributed by atoms with Gasteiger partial charge < -0.3 is 5.32 Å². The van der Waals surface area contributed by atoms with Gasteiger partial charge in [0.05, 0.1) is 4.90 Å². The fourth-order valence-electron chi connectivity index (χ4n) is 2.02. The molecule has 2 N–H and O–H groups in total. The topological polar surface area (TPSA) is 92.3 Å². The SMILES string of the molecule is CC(=O)c1cccc(S(=O)(=O)NCCC(=O)Nc2ccc(F)cc2)c1. The Morgan fingerprint density at radius 1 is 1.08 bits per heavy atom. The van der Waals surface area contributed by atoms with Gasteiger partial charge in [-0.15, -0.1) is 0 Å². The van der Waals surface area contributed by atoms with Gasteiger partial charge in [-0.3, -0.25) is 9.59 Å². The minimum absolute atomic E-state index is 0.0425. The molecule has 2 rings (SSSR count). The van der Waals surface area contributed by atoms with Crippen LogP contribution in [0.1, 0.15) is 23.7 Å². The van der Waals surface area contributed by atoms with Gasteiger partial charge in [-0.25, -0.2) is 17.5 Å². The van der Waals surface area contributed by atoms with Crippen LogP contribution in [-0.2, 0) is 14.8 Å². The molecule has 2 aromatic carbocycles. The van der Waals surface area contributed by atoms with Crippen molar-refractivity contribution >= 4 is 27.4 Å². The predicted molar refractivity (Wildman–Crippen MR) is 91.3 cm³/mol. The van der Waals surface area contributed by atoms with Gasteiger partial charge in [-0.2, -0.15) is 0 Å². The Hall–Kier alpha value is -2.58. The van der Waals surface area contributed by atoms with Crippen molar-refractivity contribution in [3.63, 3.8) is 0 Å². The van der Waals surface area contributed by atoms with E-state index >= 15 is 0 Å². The van der Waals surface area contributed by atoms with E-state index in [2.05, 4.69) is 10.0 Å². The minimum atomic E-state index is -3.82. The molecule has 1 amide bonds. The lowest BCUT2D eigenvalue weighted by molar-refractivity contribution is -0.116. The lowest BCUT2D eigenvalue weighted by atomic mass is 10.2. The van der Waals surface area contributed by atoms with E-state index in [0.717, 1.165) is 0 Å². The highest BCUT2D eigenvalue weighted by Gasteiger charge is 2.15. The van der Waals surface area contributed by atoms with Crippen LogP contribution in [0.3, 0.4) is 0 Å². The van der Waals surface area contributed by atoms with Gasteiger partial charge in [0.25, 0.3) is 0 Å². The molecule has 0 aliphatic carbocycles. The zero-order chi connectivity index (χ0) is 18.4. The van der Waals surface area contributed by atoms with Crippen LogP contribution in [0.15, 0.2) is 53.4 Å². The molecule has 0 aliphatic heterocycles. The number of ketones is 1. The first-order valence-electron chi connectivity index (χ1n) is 7.44. The van der Waals surface area contributed by atoms with Crippen LogP contribution < -0.4 is 10.0 Å². The van der Waals surface area contributed by atoms with E-state index in [4.69, 9.17) is 0 Å². The molecule has 0 aromatic heterocycles. The maximum atomic E-state index is 12.8. The van der Waals surface area contributed by atoms with Gasteiger partial charge >= 0.3 is 0 Å². The second kappa shape index (κ2) is 8.00. The largest absolute Gasteiger partial charge is 0.326 e. The van der Waals surface area contributed by atoms with Crippen molar-refractivity contribution in [3.05, 3.63) is 59.9 Å². The molecule has 25 heavy (non-hydrogen) atoms. The highest BCUT2D eigenvalue weighted by atomic mass is 32.2. The van der Waals surface area contributed by atoms with E-state index in [0.29, 0.717) is 5.69 Å². The van der Waals surface area contributed by atoms with Crippen molar-refractivity contribution in [3.8, 4) is 0 Å². The van der Waals surface area contributed by atoms with Crippen molar-refractivity contribution in [2.75, 3.05) is 11.9 Å². The summed E-state index contributed by atoms with van der Waals surface area (Å²) in [5.41, 5.74) is 0.709. The van der Waals surface area contributed by atoms with Crippen LogP contribution in [0, 0.1) is 5.82 Å². The maximum Gasteiger partial charge on any atom is 0.240 e. The van der Waals surface area contributed by atoms with E-state index < -0.39 is 21.7 Å². The monoisotopic (exact) mass is 364 g/mol. The summed E-state index contributed by atoms with van der Waals surface area (Å²) in [6, 6.07) is 10.9. The van der Waals surface area contributed by atoms with Crippen LogP contribution in [-0.4, -0.2) is 26.7 Å². The van der Waals surface area contributed by atoms with Gasteiger partial charge in [0.15, 0.2) is 5.78 Å². The van der Waals surface area contributed by atoms with E-state index in [1.807, 2.05) is 0 Å². The molecule has 0 saturated carbocycles. The van der Waals surface area contributed by atoms with Gasteiger partial charge in [0, 0.05) is 24.2 Å². The Labute approximate surface area is 145 Å². The van der Waals surface area contributed by atoms with E-state index in [-0.39, 0.29) is 29.2 Å². The third-order valence-electron chi connectivity index (χ3n) is 3.32. The number of anilines is 1. The molecule has 0 spiro atoms.